The van der Waals surface area contributed by atoms with E-state index < -0.39 is 5.97 Å². The highest BCUT2D eigenvalue weighted by Gasteiger charge is 2.03. The van der Waals surface area contributed by atoms with E-state index in [1.54, 1.807) is 0 Å². The Bertz CT molecular complexity index is 197. The number of carbonyl (C=O) groups excluding carboxylic acids is 1. The molecule has 0 aliphatic heterocycles. The lowest BCUT2D eigenvalue weighted by Gasteiger charge is -2.02. The van der Waals surface area contributed by atoms with Gasteiger partial charge in [0.05, 0.1) is 18.1 Å². The molecule has 0 rings (SSSR count). The molecule has 0 atom stereocenters. The maximum absolute atomic E-state index is 11.0. The highest BCUT2D eigenvalue weighted by molar-refractivity contribution is 8.16. The van der Waals surface area contributed by atoms with Gasteiger partial charge in [-0.1, -0.05) is 13.3 Å². The highest BCUT2D eigenvalue weighted by Crippen LogP contribution is 2.11. The largest absolute Gasteiger partial charge is 0.481 e. The number of carboxylic acids is 1. The van der Waals surface area contributed by atoms with Crippen LogP contribution in [0, 0.1) is 0 Å². The van der Waals surface area contributed by atoms with Crippen LogP contribution in [0.5, 0.6) is 0 Å². The Morgan fingerprint density at radius 1 is 1.27 bits per heavy atom. The lowest BCUT2D eigenvalue weighted by molar-refractivity contribution is -0.140. The number of carbonyl (C=O) groups is 2. The van der Waals surface area contributed by atoms with Crippen molar-refractivity contribution in [3.8, 4) is 0 Å². The van der Waals surface area contributed by atoms with Crippen molar-refractivity contribution in [2.45, 2.75) is 19.8 Å². The van der Waals surface area contributed by atoms with Gasteiger partial charge in [-0.25, -0.2) is 0 Å². The molecule has 15 heavy (non-hydrogen) atoms. The highest BCUT2D eigenvalue weighted by atomic mass is 32.2. The van der Waals surface area contributed by atoms with Crippen molar-refractivity contribution < 1.29 is 19.4 Å². The molecule has 88 valence electrons. The van der Waals surface area contributed by atoms with Gasteiger partial charge in [-0.15, -0.1) is 23.5 Å². The summed E-state index contributed by atoms with van der Waals surface area (Å²) < 4.78 is 4.92. The molecule has 0 fully saturated rings. The second kappa shape index (κ2) is 10.2. The van der Waals surface area contributed by atoms with Crippen molar-refractivity contribution in [3.05, 3.63) is 0 Å². The first kappa shape index (κ1) is 14.6. The summed E-state index contributed by atoms with van der Waals surface area (Å²) in [6.45, 7) is 2.52. The molecule has 1 N–H and O–H groups in total. The van der Waals surface area contributed by atoms with Crippen LogP contribution in [0.4, 0.5) is 0 Å². The van der Waals surface area contributed by atoms with Crippen molar-refractivity contribution in [1.82, 2.24) is 0 Å². The third-order valence-corrected chi connectivity index (χ3v) is 3.60. The molecule has 0 aromatic rings. The molecule has 0 aliphatic rings. The predicted octanol–water partition coefficient (Wildman–Crippen LogP) is 1.84. The molecule has 0 unspecified atom stereocenters. The molecule has 0 heterocycles. The summed E-state index contributed by atoms with van der Waals surface area (Å²) in [5.74, 6) is -0.663. The fourth-order valence-electron chi connectivity index (χ4n) is 0.685. The normalized spacial score (nSPS) is 9.93. The minimum Gasteiger partial charge on any atom is -0.481 e. The van der Waals surface area contributed by atoms with Crippen LogP contribution in [0.3, 0.4) is 0 Å². The van der Waals surface area contributed by atoms with E-state index in [-0.39, 0.29) is 11.7 Å². The molecule has 4 nitrogen and oxygen atoms in total. The van der Waals surface area contributed by atoms with Gasteiger partial charge in [-0.3, -0.25) is 9.59 Å². The molecule has 6 heteroatoms. The topological polar surface area (TPSA) is 63.6 Å². The number of aliphatic carboxylic acids is 1. The van der Waals surface area contributed by atoms with E-state index in [9.17, 15) is 9.59 Å². The van der Waals surface area contributed by atoms with Crippen LogP contribution < -0.4 is 0 Å². The zero-order valence-electron chi connectivity index (χ0n) is 8.73. The molecule has 0 radical (unpaired) electrons. The van der Waals surface area contributed by atoms with Crippen molar-refractivity contribution in [2.75, 3.05) is 23.2 Å². The molecule has 0 aromatic heterocycles. The SMILES string of the molecule is CCCCOC(=O)CSCSCC(=O)O. The molecule has 0 saturated heterocycles. The minimum absolute atomic E-state index is 0.0812. The Morgan fingerprint density at radius 3 is 2.53 bits per heavy atom. The lowest BCUT2D eigenvalue weighted by Crippen LogP contribution is -2.08. The van der Waals surface area contributed by atoms with Crippen molar-refractivity contribution >= 4 is 35.5 Å². The van der Waals surface area contributed by atoms with Crippen LogP contribution >= 0.6 is 23.5 Å². The quantitative estimate of drug-likeness (QED) is 0.384. The van der Waals surface area contributed by atoms with E-state index in [2.05, 4.69) is 0 Å². The zero-order valence-corrected chi connectivity index (χ0v) is 10.4. The summed E-state index contributed by atoms with van der Waals surface area (Å²) in [5, 5.41) is 8.95. The first-order valence-electron chi connectivity index (χ1n) is 4.69. The van der Waals surface area contributed by atoms with Gasteiger partial charge in [0.2, 0.25) is 0 Å². The van der Waals surface area contributed by atoms with Gasteiger partial charge < -0.3 is 9.84 Å². The summed E-state index contributed by atoms with van der Waals surface area (Å²) in [7, 11) is 0. The monoisotopic (exact) mass is 252 g/mol. The van der Waals surface area contributed by atoms with Gasteiger partial charge in [0.1, 0.15) is 0 Å². The van der Waals surface area contributed by atoms with E-state index in [0.29, 0.717) is 17.4 Å². The van der Waals surface area contributed by atoms with Gasteiger partial charge in [-0.2, -0.15) is 0 Å². The number of hydrogen-bond acceptors (Lipinski definition) is 5. The lowest BCUT2D eigenvalue weighted by atomic mass is 10.4. The first-order chi connectivity index (χ1) is 7.16. The maximum atomic E-state index is 11.0. The Kier molecular flexibility index (Phi) is 9.92. The number of carboxylic acid groups (broad SMARTS) is 1. The number of esters is 1. The summed E-state index contributed by atoms with van der Waals surface area (Å²) in [6, 6.07) is 0. The Hall–Kier alpha value is -0.360. The maximum Gasteiger partial charge on any atom is 0.315 e. The van der Waals surface area contributed by atoms with Crippen LogP contribution in [-0.4, -0.2) is 40.2 Å². The summed E-state index contributed by atoms with van der Waals surface area (Å²) >= 11 is 2.67. The van der Waals surface area contributed by atoms with Crippen molar-refractivity contribution in [3.63, 3.8) is 0 Å². The van der Waals surface area contributed by atoms with E-state index in [4.69, 9.17) is 9.84 Å². The van der Waals surface area contributed by atoms with Gasteiger partial charge in [0.15, 0.2) is 0 Å². The average molecular weight is 252 g/mol. The van der Waals surface area contributed by atoms with Crippen LogP contribution in [0.2, 0.25) is 0 Å². The average Bonchev–Trinajstić information content (AvgIpc) is 2.17. The molecular weight excluding hydrogens is 236 g/mol. The number of hydrogen-bond donors (Lipinski definition) is 1. The second-order valence-corrected chi connectivity index (χ2v) is 5.12. The third-order valence-electron chi connectivity index (χ3n) is 1.37. The van der Waals surface area contributed by atoms with E-state index in [1.165, 1.54) is 23.5 Å². The van der Waals surface area contributed by atoms with Crippen LogP contribution in [0.1, 0.15) is 19.8 Å². The predicted molar refractivity (Wildman–Crippen MR) is 63.3 cm³/mol. The number of unbranched alkanes of at least 4 members (excludes halogenated alkanes) is 1. The van der Waals surface area contributed by atoms with Crippen molar-refractivity contribution in [2.24, 2.45) is 0 Å². The fourth-order valence-corrected chi connectivity index (χ4v) is 2.25. The van der Waals surface area contributed by atoms with E-state index in [1.807, 2.05) is 6.92 Å². The van der Waals surface area contributed by atoms with Crippen LogP contribution in [-0.2, 0) is 14.3 Å². The fraction of sp³-hybridized carbons (Fsp3) is 0.778. The molecule has 0 amide bonds. The smallest absolute Gasteiger partial charge is 0.315 e. The Labute approximate surface area is 98.1 Å². The molecular formula is C9H16O4S2. The summed E-state index contributed by atoms with van der Waals surface area (Å²) in [4.78, 5) is 21.2. The van der Waals surface area contributed by atoms with E-state index >= 15 is 0 Å². The van der Waals surface area contributed by atoms with Gasteiger partial charge in [0.25, 0.3) is 0 Å². The van der Waals surface area contributed by atoms with Crippen LogP contribution in [0.25, 0.3) is 0 Å². The van der Waals surface area contributed by atoms with Gasteiger partial charge in [0, 0.05) is 5.08 Å². The van der Waals surface area contributed by atoms with Crippen molar-refractivity contribution in [1.29, 1.82) is 0 Å². The molecule has 0 aliphatic carbocycles. The Balaban J connectivity index is 3.20. The van der Waals surface area contributed by atoms with E-state index in [0.717, 1.165) is 12.8 Å². The Morgan fingerprint density at radius 2 is 1.93 bits per heavy atom. The minimum atomic E-state index is -0.828. The standard InChI is InChI=1S/C9H16O4S2/c1-2-3-4-13-9(12)6-15-7-14-5-8(10)11/h2-7H2,1H3,(H,10,11). The number of ether oxygens (including phenoxy) is 1. The molecule has 0 spiro atoms. The van der Waals surface area contributed by atoms with Gasteiger partial charge >= 0.3 is 11.9 Å². The molecule has 0 aromatic carbocycles. The van der Waals surface area contributed by atoms with Gasteiger partial charge in [-0.05, 0) is 6.42 Å². The summed E-state index contributed by atoms with van der Waals surface area (Å²) in [6.07, 6.45) is 1.90. The molecule has 0 bridgehead atoms. The number of rotatable bonds is 9. The zero-order chi connectivity index (χ0) is 11.5. The first-order valence-corrected chi connectivity index (χ1v) is 7.00. The van der Waals surface area contributed by atoms with Crippen LogP contribution in [0.15, 0.2) is 0 Å². The number of thioether (sulfide) groups is 2. The second-order valence-electron chi connectivity index (χ2n) is 2.78. The third kappa shape index (κ3) is 11.6. The molecule has 0 saturated carbocycles. The summed E-state index contributed by atoms with van der Waals surface area (Å²) in [5.41, 5.74) is 0.